The van der Waals surface area contributed by atoms with Gasteiger partial charge in [-0.3, -0.25) is 9.59 Å². The topological polar surface area (TPSA) is 79.8 Å². The standard InChI is InChI=1S/C23H31N3O3/c1-14-4-3-5-20(6-14)29-13-22(28)26-25-15(2)7-21(27)24-23-18-9-16-8-17(11-18)12-19(23)10-16/h3-6,16-19,23H,7-13H2,1-2H3,(H,24,27)(H,26,28)/b25-15+. The molecule has 4 bridgehead atoms. The molecule has 6 nitrogen and oxygen atoms in total. The lowest BCUT2D eigenvalue weighted by molar-refractivity contribution is -0.124. The van der Waals surface area contributed by atoms with Crippen LogP contribution in [0.25, 0.3) is 0 Å². The molecule has 4 saturated carbocycles. The molecule has 0 aliphatic heterocycles. The van der Waals surface area contributed by atoms with Gasteiger partial charge in [0.25, 0.3) is 5.91 Å². The second kappa shape index (κ2) is 8.56. The van der Waals surface area contributed by atoms with Gasteiger partial charge >= 0.3 is 0 Å². The minimum Gasteiger partial charge on any atom is -0.484 e. The van der Waals surface area contributed by atoms with Crippen molar-refractivity contribution in [2.24, 2.45) is 28.8 Å². The number of benzene rings is 1. The summed E-state index contributed by atoms with van der Waals surface area (Å²) in [6.45, 7) is 3.62. The van der Waals surface area contributed by atoms with Crippen LogP contribution in [0.3, 0.4) is 0 Å². The van der Waals surface area contributed by atoms with Crippen molar-refractivity contribution >= 4 is 17.5 Å². The van der Waals surface area contributed by atoms with Gasteiger partial charge in [-0.25, -0.2) is 5.43 Å². The van der Waals surface area contributed by atoms with E-state index in [1.165, 1.54) is 32.1 Å². The van der Waals surface area contributed by atoms with E-state index in [1.807, 2.05) is 31.2 Å². The molecule has 4 fully saturated rings. The summed E-state index contributed by atoms with van der Waals surface area (Å²) in [4.78, 5) is 24.4. The van der Waals surface area contributed by atoms with Gasteiger partial charge in [-0.15, -0.1) is 0 Å². The smallest absolute Gasteiger partial charge is 0.277 e. The third kappa shape index (κ3) is 4.98. The summed E-state index contributed by atoms with van der Waals surface area (Å²) in [5, 5.41) is 7.33. The van der Waals surface area contributed by atoms with E-state index in [0.717, 1.165) is 17.4 Å². The Balaban J connectivity index is 1.20. The quantitative estimate of drug-likeness (QED) is 0.548. The molecule has 6 heteroatoms. The maximum Gasteiger partial charge on any atom is 0.277 e. The van der Waals surface area contributed by atoms with Crippen molar-refractivity contribution in [3.63, 3.8) is 0 Å². The van der Waals surface area contributed by atoms with Crippen molar-refractivity contribution in [1.82, 2.24) is 10.7 Å². The van der Waals surface area contributed by atoms with Crippen LogP contribution < -0.4 is 15.5 Å². The molecule has 1 aromatic carbocycles. The first-order valence-electron chi connectivity index (χ1n) is 10.8. The highest BCUT2D eigenvalue weighted by atomic mass is 16.5. The molecule has 2 amide bonds. The molecule has 0 atom stereocenters. The molecule has 4 aliphatic carbocycles. The minimum absolute atomic E-state index is 0.00832. The van der Waals surface area contributed by atoms with Gasteiger partial charge in [0.2, 0.25) is 5.91 Å². The number of nitrogens with one attached hydrogen (secondary N) is 2. The van der Waals surface area contributed by atoms with Crippen LogP contribution in [-0.2, 0) is 9.59 Å². The molecule has 0 unspecified atom stereocenters. The van der Waals surface area contributed by atoms with E-state index in [2.05, 4.69) is 15.8 Å². The fraction of sp³-hybridized carbons (Fsp3) is 0.609. The molecule has 0 heterocycles. The summed E-state index contributed by atoms with van der Waals surface area (Å²) >= 11 is 0. The van der Waals surface area contributed by atoms with E-state index in [9.17, 15) is 9.59 Å². The number of hydrogen-bond acceptors (Lipinski definition) is 4. The first-order valence-corrected chi connectivity index (χ1v) is 10.8. The first-order chi connectivity index (χ1) is 14.0. The number of ether oxygens (including phenoxy) is 1. The Kier molecular flexibility index (Phi) is 5.88. The Labute approximate surface area is 172 Å². The summed E-state index contributed by atoms with van der Waals surface area (Å²) < 4.78 is 5.46. The Bertz CT molecular complexity index is 776. The van der Waals surface area contributed by atoms with Crippen LogP contribution in [0.15, 0.2) is 29.4 Å². The van der Waals surface area contributed by atoms with Crippen LogP contribution >= 0.6 is 0 Å². The van der Waals surface area contributed by atoms with Gasteiger partial charge in [0, 0.05) is 11.8 Å². The third-order valence-electron chi connectivity index (χ3n) is 6.70. The molecule has 0 saturated heterocycles. The second-order valence-electron chi connectivity index (χ2n) is 9.19. The molecule has 4 aliphatic rings. The zero-order chi connectivity index (χ0) is 20.4. The van der Waals surface area contributed by atoms with Crippen molar-refractivity contribution in [2.75, 3.05) is 6.61 Å². The summed E-state index contributed by atoms with van der Waals surface area (Å²) in [7, 11) is 0. The van der Waals surface area contributed by atoms with Gasteiger partial charge in [0.05, 0.1) is 6.42 Å². The first kappa shape index (κ1) is 19.9. The summed E-state index contributed by atoms with van der Waals surface area (Å²) in [6.07, 6.45) is 6.74. The molecule has 0 radical (unpaired) electrons. The average molecular weight is 398 g/mol. The third-order valence-corrected chi connectivity index (χ3v) is 6.70. The molecule has 0 spiro atoms. The van der Waals surface area contributed by atoms with Crippen molar-refractivity contribution in [3.05, 3.63) is 29.8 Å². The van der Waals surface area contributed by atoms with Crippen molar-refractivity contribution in [2.45, 2.75) is 58.4 Å². The summed E-state index contributed by atoms with van der Waals surface area (Å²) in [5.74, 6) is 3.42. The number of hydrazone groups is 1. The van der Waals surface area contributed by atoms with Crippen LogP contribution in [0.2, 0.25) is 0 Å². The van der Waals surface area contributed by atoms with E-state index < -0.39 is 0 Å². The fourth-order valence-corrected chi connectivity index (χ4v) is 5.71. The molecule has 2 N–H and O–H groups in total. The summed E-state index contributed by atoms with van der Waals surface area (Å²) in [5.41, 5.74) is 4.14. The molecule has 1 aromatic rings. The zero-order valence-electron chi connectivity index (χ0n) is 17.3. The summed E-state index contributed by atoms with van der Waals surface area (Å²) in [6, 6.07) is 7.86. The van der Waals surface area contributed by atoms with Gasteiger partial charge in [0.15, 0.2) is 6.61 Å². The van der Waals surface area contributed by atoms with Gasteiger partial charge in [-0.05, 0) is 87.3 Å². The predicted octanol–water partition coefficient (Wildman–Crippen LogP) is 3.20. The van der Waals surface area contributed by atoms with Gasteiger partial charge in [0.1, 0.15) is 5.75 Å². The molecule has 156 valence electrons. The lowest BCUT2D eigenvalue weighted by atomic mass is 9.54. The molecular weight excluding hydrogens is 366 g/mol. The number of nitrogens with zero attached hydrogens (tertiary/aromatic N) is 1. The van der Waals surface area contributed by atoms with E-state index in [4.69, 9.17) is 4.74 Å². The largest absolute Gasteiger partial charge is 0.484 e. The van der Waals surface area contributed by atoms with Crippen molar-refractivity contribution < 1.29 is 14.3 Å². The highest BCUT2D eigenvalue weighted by molar-refractivity contribution is 6.00. The number of carbonyl (C=O) groups excluding carboxylic acids is 2. The van der Waals surface area contributed by atoms with E-state index >= 15 is 0 Å². The van der Waals surface area contributed by atoms with Gasteiger partial charge in [-0.1, -0.05) is 12.1 Å². The lowest BCUT2D eigenvalue weighted by Crippen LogP contribution is -2.56. The molecule has 29 heavy (non-hydrogen) atoms. The number of rotatable bonds is 7. The molecule has 0 aromatic heterocycles. The van der Waals surface area contributed by atoms with Crippen LogP contribution in [-0.4, -0.2) is 30.2 Å². The number of hydrogen-bond donors (Lipinski definition) is 2. The monoisotopic (exact) mass is 397 g/mol. The van der Waals surface area contributed by atoms with E-state index in [-0.39, 0.29) is 24.8 Å². The maximum absolute atomic E-state index is 12.5. The maximum atomic E-state index is 12.5. The highest BCUT2D eigenvalue weighted by Gasteiger charge is 2.48. The van der Waals surface area contributed by atoms with Crippen molar-refractivity contribution in [1.29, 1.82) is 0 Å². The molecular formula is C23H31N3O3. The van der Waals surface area contributed by atoms with Gasteiger partial charge in [-0.2, -0.15) is 5.10 Å². The number of aryl methyl sites for hydroxylation is 1. The Hall–Kier alpha value is -2.37. The van der Waals surface area contributed by atoms with Crippen LogP contribution in [0.5, 0.6) is 5.75 Å². The average Bonchev–Trinajstić information content (AvgIpc) is 2.67. The Morgan fingerprint density at radius 2 is 1.76 bits per heavy atom. The van der Waals surface area contributed by atoms with Crippen molar-refractivity contribution in [3.8, 4) is 5.75 Å². The number of amides is 2. The van der Waals surface area contributed by atoms with Crippen LogP contribution in [0.4, 0.5) is 0 Å². The van der Waals surface area contributed by atoms with Gasteiger partial charge < -0.3 is 10.1 Å². The zero-order valence-corrected chi connectivity index (χ0v) is 17.3. The van der Waals surface area contributed by atoms with E-state index in [1.54, 1.807) is 6.92 Å². The SMILES string of the molecule is C/C(CC(=O)NC1C2CC3CC(C2)CC1C3)=N\NC(=O)COc1cccc(C)c1. The lowest BCUT2D eigenvalue weighted by Gasteiger charge is -2.54. The molecule has 5 rings (SSSR count). The van der Waals surface area contributed by atoms with Crippen LogP contribution in [0, 0.1) is 30.6 Å². The van der Waals surface area contributed by atoms with Crippen LogP contribution in [0.1, 0.15) is 51.0 Å². The number of carbonyl (C=O) groups is 2. The normalized spacial score (nSPS) is 30.1. The van der Waals surface area contributed by atoms with E-state index in [0.29, 0.717) is 29.3 Å². The Morgan fingerprint density at radius 3 is 2.41 bits per heavy atom. The highest BCUT2D eigenvalue weighted by Crippen LogP contribution is 2.53. The second-order valence-corrected chi connectivity index (χ2v) is 9.19. The fourth-order valence-electron chi connectivity index (χ4n) is 5.71. The predicted molar refractivity (Wildman–Crippen MR) is 112 cm³/mol. The Morgan fingerprint density at radius 1 is 1.07 bits per heavy atom. The minimum atomic E-state index is -0.340.